The van der Waals surface area contributed by atoms with Crippen molar-refractivity contribution in [2.75, 3.05) is 4.90 Å². The standard InChI is InChI=1S/C53H32N2O2/c1-2-11-33(12-3-1)41-16-8-9-19-47(41)55(37-24-28-40-36(31-37)22-27-43-39-15-6-4-13-34(39)21-26-44(40)43)38-25-29-45-50(32-38)56-48-20-10-18-46(51(45)48)53-54-52-42-17-7-5-14-35(42)23-30-49(52)57-53/h1-32H. The number of nitrogens with zero attached hydrogens (tertiary/aromatic N) is 2. The van der Waals surface area contributed by atoms with Crippen LogP contribution in [0.2, 0.25) is 0 Å². The molecule has 2 aromatic heterocycles. The molecule has 4 heteroatoms. The maximum Gasteiger partial charge on any atom is 0.228 e. The highest BCUT2D eigenvalue weighted by Gasteiger charge is 2.22. The Labute approximate surface area is 327 Å². The van der Waals surface area contributed by atoms with Crippen LogP contribution in [0.4, 0.5) is 17.1 Å². The third-order valence-electron chi connectivity index (χ3n) is 11.5. The van der Waals surface area contributed by atoms with Gasteiger partial charge in [0.2, 0.25) is 5.89 Å². The smallest absolute Gasteiger partial charge is 0.228 e. The Morgan fingerprint density at radius 3 is 1.86 bits per heavy atom. The van der Waals surface area contributed by atoms with Crippen molar-refractivity contribution in [3.05, 3.63) is 194 Å². The van der Waals surface area contributed by atoms with Crippen LogP contribution in [0.5, 0.6) is 0 Å². The van der Waals surface area contributed by atoms with E-state index in [0.29, 0.717) is 5.89 Å². The van der Waals surface area contributed by atoms with Gasteiger partial charge in [-0.2, -0.15) is 0 Å². The average Bonchev–Trinajstić information content (AvgIpc) is 3.89. The van der Waals surface area contributed by atoms with Crippen LogP contribution in [0.15, 0.2) is 203 Å². The lowest BCUT2D eigenvalue weighted by molar-refractivity contribution is 0.620. The average molecular weight is 729 g/mol. The summed E-state index contributed by atoms with van der Waals surface area (Å²) in [6.45, 7) is 0. The zero-order valence-corrected chi connectivity index (χ0v) is 30.7. The van der Waals surface area contributed by atoms with Gasteiger partial charge in [0.15, 0.2) is 5.58 Å². The van der Waals surface area contributed by atoms with E-state index in [-0.39, 0.29) is 0 Å². The van der Waals surface area contributed by atoms with Gasteiger partial charge in [0.25, 0.3) is 0 Å². The fourth-order valence-corrected chi connectivity index (χ4v) is 8.82. The number of furan rings is 1. The van der Waals surface area contributed by atoms with Crippen LogP contribution >= 0.6 is 0 Å². The molecule has 12 rings (SSSR count). The van der Waals surface area contributed by atoms with Gasteiger partial charge in [-0.05, 0) is 91.8 Å². The summed E-state index contributed by atoms with van der Waals surface area (Å²) >= 11 is 0. The van der Waals surface area contributed by atoms with Gasteiger partial charge in [-0.3, -0.25) is 0 Å². The number of fused-ring (bicyclic) bond motifs is 11. The summed E-state index contributed by atoms with van der Waals surface area (Å²) < 4.78 is 13.1. The highest BCUT2D eigenvalue weighted by molar-refractivity contribution is 6.18. The fourth-order valence-electron chi connectivity index (χ4n) is 8.82. The predicted octanol–water partition coefficient (Wildman–Crippen LogP) is 15.1. The lowest BCUT2D eigenvalue weighted by atomic mass is 9.96. The number of oxazole rings is 1. The van der Waals surface area contributed by atoms with Crippen molar-refractivity contribution in [3.8, 4) is 22.6 Å². The molecule has 0 saturated heterocycles. The van der Waals surface area contributed by atoms with Gasteiger partial charge in [0.1, 0.15) is 16.7 Å². The van der Waals surface area contributed by atoms with E-state index in [9.17, 15) is 0 Å². The summed E-state index contributed by atoms with van der Waals surface area (Å²) in [5, 5.41) is 11.6. The van der Waals surface area contributed by atoms with Crippen molar-refractivity contribution >= 4 is 93.2 Å². The molecule has 0 aliphatic heterocycles. The molecule has 0 unspecified atom stereocenters. The number of aromatic nitrogens is 1. The van der Waals surface area contributed by atoms with Crippen LogP contribution in [0.25, 0.3) is 98.7 Å². The van der Waals surface area contributed by atoms with E-state index in [0.717, 1.165) is 77.6 Å². The summed E-state index contributed by atoms with van der Waals surface area (Å²) in [5.74, 6) is 0.578. The van der Waals surface area contributed by atoms with Crippen LogP contribution in [0, 0.1) is 0 Å². The van der Waals surface area contributed by atoms with Gasteiger partial charge in [-0.1, -0.05) is 140 Å². The molecule has 12 aromatic rings. The van der Waals surface area contributed by atoms with Crippen molar-refractivity contribution in [2.24, 2.45) is 0 Å². The first-order valence-corrected chi connectivity index (χ1v) is 19.3. The minimum absolute atomic E-state index is 0.578. The molecule has 0 radical (unpaired) electrons. The second-order valence-electron chi connectivity index (χ2n) is 14.7. The minimum Gasteiger partial charge on any atom is -0.456 e. The van der Waals surface area contributed by atoms with Crippen molar-refractivity contribution in [1.82, 2.24) is 4.98 Å². The van der Waals surface area contributed by atoms with Gasteiger partial charge in [0.05, 0.1) is 5.69 Å². The molecule has 0 saturated carbocycles. The van der Waals surface area contributed by atoms with Crippen molar-refractivity contribution in [1.29, 1.82) is 0 Å². The van der Waals surface area contributed by atoms with E-state index >= 15 is 0 Å². The number of para-hydroxylation sites is 1. The summed E-state index contributed by atoms with van der Waals surface area (Å²) in [6, 6.07) is 68.7. The van der Waals surface area contributed by atoms with Crippen molar-refractivity contribution in [2.45, 2.75) is 0 Å². The third kappa shape index (κ3) is 4.98. The second-order valence-corrected chi connectivity index (χ2v) is 14.7. The van der Waals surface area contributed by atoms with Crippen molar-refractivity contribution in [3.63, 3.8) is 0 Å². The van der Waals surface area contributed by atoms with E-state index < -0.39 is 0 Å². The first-order chi connectivity index (χ1) is 28.2. The Bertz CT molecular complexity index is 3540. The van der Waals surface area contributed by atoms with Gasteiger partial charge in [-0.15, -0.1) is 0 Å². The maximum atomic E-state index is 6.69. The highest BCUT2D eigenvalue weighted by atomic mass is 16.3. The first kappa shape index (κ1) is 31.6. The molecule has 0 spiro atoms. The van der Waals surface area contributed by atoms with Crippen LogP contribution in [0.1, 0.15) is 0 Å². The van der Waals surface area contributed by atoms with Gasteiger partial charge in [0, 0.05) is 44.7 Å². The van der Waals surface area contributed by atoms with Crippen molar-refractivity contribution < 1.29 is 8.83 Å². The lowest BCUT2D eigenvalue weighted by Crippen LogP contribution is -2.11. The lowest BCUT2D eigenvalue weighted by Gasteiger charge is -2.28. The Morgan fingerprint density at radius 2 is 1.00 bits per heavy atom. The molecule has 0 aliphatic carbocycles. The largest absolute Gasteiger partial charge is 0.456 e. The number of hydrogen-bond acceptors (Lipinski definition) is 4. The molecule has 0 N–H and O–H groups in total. The van der Waals surface area contributed by atoms with Crippen LogP contribution in [-0.4, -0.2) is 4.98 Å². The molecule has 0 bridgehead atoms. The van der Waals surface area contributed by atoms with E-state index in [1.165, 1.54) is 32.3 Å². The van der Waals surface area contributed by atoms with E-state index in [1.807, 2.05) is 30.3 Å². The summed E-state index contributed by atoms with van der Waals surface area (Å²) in [5.41, 5.74) is 9.51. The SMILES string of the molecule is c1ccc(-c2ccccc2N(c2ccc3c(ccc4c5ccccc5ccc34)c2)c2ccc3c(c2)oc2cccc(-c4nc5c(ccc6ccccc65)o4)c23)cc1. The van der Waals surface area contributed by atoms with Gasteiger partial charge in [-0.25, -0.2) is 4.98 Å². The molecule has 0 fully saturated rings. The first-order valence-electron chi connectivity index (χ1n) is 19.3. The predicted molar refractivity (Wildman–Crippen MR) is 237 cm³/mol. The van der Waals surface area contributed by atoms with Gasteiger partial charge >= 0.3 is 0 Å². The molecular formula is C53H32N2O2. The fraction of sp³-hybridized carbons (Fsp3) is 0. The quantitative estimate of drug-likeness (QED) is 0.166. The van der Waals surface area contributed by atoms with Crippen LogP contribution < -0.4 is 4.90 Å². The van der Waals surface area contributed by atoms with E-state index in [4.69, 9.17) is 13.8 Å². The third-order valence-corrected chi connectivity index (χ3v) is 11.5. The molecular weight excluding hydrogens is 697 g/mol. The Hall–Kier alpha value is -7.69. The van der Waals surface area contributed by atoms with Crippen LogP contribution in [0.3, 0.4) is 0 Å². The number of benzene rings is 10. The van der Waals surface area contributed by atoms with E-state index in [2.05, 4.69) is 169 Å². The number of hydrogen-bond donors (Lipinski definition) is 0. The topological polar surface area (TPSA) is 42.4 Å². The number of anilines is 3. The van der Waals surface area contributed by atoms with E-state index in [1.54, 1.807) is 0 Å². The zero-order chi connectivity index (χ0) is 37.5. The number of rotatable bonds is 5. The second kappa shape index (κ2) is 12.4. The Balaban J connectivity index is 1.05. The highest BCUT2D eigenvalue weighted by Crippen LogP contribution is 2.45. The summed E-state index contributed by atoms with van der Waals surface area (Å²) in [6.07, 6.45) is 0. The zero-order valence-electron chi connectivity index (χ0n) is 30.7. The molecule has 0 aliphatic rings. The monoisotopic (exact) mass is 728 g/mol. The molecule has 10 aromatic carbocycles. The van der Waals surface area contributed by atoms with Crippen LogP contribution in [-0.2, 0) is 0 Å². The molecule has 57 heavy (non-hydrogen) atoms. The maximum absolute atomic E-state index is 6.69. The molecule has 266 valence electrons. The molecule has 0 amide bonds. The Kier molecular flexibility index (Phi) is 6.89. The molecule has 4 nitrogen and oxygen atoms in total. The Morgan fingerprint density at radius 1 is 0.368 bits per heavy atom. The molecule has 2 heterocycles. The summed E-state index contributed by atoms with van der Waals surface area (Å²) in [4.78, 5) is 7.41. The summed E-state index contributed by atoms with van der Waals surface area (Å²) in [7, 11) is 0. The normalized spacial score (nSPS) is 11.9. The molecule has 0 atom stereocenters. The van der Waals surface area contributed by atoms with Gasteiger partial charge < -0.3 is 13.7 Å². The minimum atomic E-state index is 0.578.